The number of halogens is 1. The number of aliphatic hydroxyl groups excluding tert-OH is 1. The predicted octanol–water partition coefficient (Wildman–Crippen LogP) is 1.47. The monoisotopic (exact) mass is 329 g/mol. The number of nitrogens with zero attached hydrogens (tertiary/aromatic N) is 3. The molecule has 1 heterocycles. The Labute approximate surface area is 107 Å². The molecule has 5 heteroatoms. The van der Waals surface area contributed by atoms with Gasteiger partial charge in [0.2, 0.25) is 0 Å². The molecule has 0 bridgehead atoms. The van der Waals surface area contributed by atoms with E-state index in [1.54, 1.807) is 4.68 Å². The lowest BCUT2D eigenvalue weighted by molar-refractivity contribution is 0.298. The van der Waals surface area contributed by atoms with E-state index in [2.05, 4.69) is 57.2 Å². The van der Waals surface area contributed by atoms with E-state index in [4.69, 9.17) is 5.11 Å². The molecule has 1 aromatic carbocycles. The highest BCUT2D eigenvalue weighted by molar-refractivity contribution is 14.1. The van der Waals surface area contributed by atoms with E-state index in [0.717, 1.165) is 12.2 Å². The molecule has 4 nitrogen and oxygen atoms in total. The van der Waals surface area contributed by atoms with Crippen LogP contribution in [0.25, 0.3) is 0 Å². The largest absolute Gasteiger partial charge is 0.396 e. The summed E-state index contributed by atoms with van der Waals surface area (Å²) >= 11 is 2.28. The topological polar surface area (TPSA) is 50.9 Å². The SMILES string of the molecule is OCCc1cn(Cc2ccc(I)cc2)nn1. The van der Waals surface area contributed by atoms with E-state index in [9.17, 15) is 0 Å². The molecule has 0 fully saturated rings. The normalized spacial score (nSPS) is 10.6. The Hall–Kier alpha value is -0.950. The van der Waals surface area contributed by atoms with Gasteiger partial charge in [-0.25, -0.2) is 4.68 Å². The van der Waals surface area contributed by atoms with Gasteiger partial charge in [0.15, 0.2) is 0 Å². The number of aliphatic hydroxyl groups is 1. The summed E-state index contributed by atoms with van der Waals surface area (Å²) in [5.74, 6) is 0. The van der Waals surface area contributed by atoms with Crippen LogP contribution in [0, 0.1) is 3.57 Å². The van der Waals surface area contributed by atoms with Crippen molar-refractivity contribution in [3.63, 3.8) is 0 Å². The third-order valence-corrected chi connectivity index (χ3v) is 2.93. The fourth-order valence-electron chi connectivity index (χ4n) is 1.42. The lowest BCUT2D eigenvalue weighted by Gasteiger charge is -2.00. The second kappa shape index (κ2) is 5.40. The standard InChI is InChI=1S/C11H12IN3O/c12-10-3-1-9(2-4-10)7-15-8-11(5-6-16)13-14-15/h1-4,8,16H,5-7H2. The molecule has 0 aliphatic heterocycles. The molecule has 0 spiro atoms. The van der Waals surface area contributed by atoms with Gasteiger partial charge in [0.1, 0.15) is 0 Å². The second-order valence-corrected chi connectivity index (χ2v) is 4.75. The number of aromatic nitrogens is 3. The Kier molecular flexibility index (Phi) is 3.89. The summed E-state index contributed by atoms with van der Waals surface area (Å²) in [4.78, 5) is 0. The van der Waals surface area contributed by atoms with Crippen LogP contribution in [0.4, 0.5) is 0 Å². The molecule has 0 aliphatic rings. The van der Waals surface area contributed by atoms with Crippen molar-refractivity contribution < 1.29 is 5.11 Å². The highest BCUT2D eigenvalue weighted by atomic mass is 127. The van der Waals surface area contributed by atoms with Gasteiger partial charge >= 0.3 is 0 Å². The van der Waals surface area contributed by atoms with Crippen LogP contribution in [-0.2, 0) is 13.0 Å². The van der Waals surface area contributed by atoms with Crippen molar-refractivity contribution in [3.8, 4) is 0 Å². The molecule has 2 aromatic rings. The van der Waals surface area contributed by atoms with Crippen LogP contribution in [0.3, 0.4) is 0 Å². The van der Waals surface area contributed by atoms with Crippen molar-refractivity contribution in [2.75, 3.05) is 6.61 Å². The zero-order valence-corrected chi connectivity index (χ0v) is 10.8. The first-order valence-corrected chi connectivity index (χ1v) is 6.10. The highest BCUT2D eigenvalue weighted by Crippen LogP contribution is 2.08. The van der Waals surface area contributed by atoms with Crippen molar-refractivity contribution in [1.82, 2.24) is 15.0 Å². The molecule has 1 N–H and O–H groups in total. The maximum absolute atomic E-state index is 8.77. The molecule has 16 heavy (non-hydrogen) atoms. The van der Waals surface area contributed by atoms with Gasteiger partial charge in [-0.1, -0.05) is 17.3 Å². The average Bonchev–Trinajstić information content (AvgIpc) is 2.70. The fourth-order valence-corrected chi connectivity index (χ4v) is 1.78. The van der Waals surface area contributed by atoms with Gasteiger partial charge in [0.25, 0.3) is 0 Å². The van der Waals surface area contributed by atoms with Gasteiger partial charge in [-0.15, -0.1) is 5.10 Å². The molecular formula is C11H12IN3O. The zero-order valence-electron chi connectivity index (χ0n) is 8.67. The van der Waals surface area contributed by atoms with Crippen molar-refractivity contribution >= 4 is 22.6 Å². The molecule has 0 radical (unpaired) electrons. The molecule has 2 rings (SSSR count). The van der Waals surface area contributed by atoms with Crippen molar-refractivity contribution in [2.24, 2.45) is 0 Å². The molecule has 84 valence electrons. The van der Waals surface area contributed by atoms with Gasteiger partial charge in [-0.05, 0) is 40.3 Å². The van der Waals surface area contributed by atoms with Crippen molar-refractivity contribution in [2.45, 2.75) is 13.0 Å². The number of hydrogen-bond donors (Lipinski definition) is 1. The lowest BCUT2D eigenvalue weighted by Crippen LogP contribution is -2.00. The van der Waals surface area contributed by atoms with Gasteiger partial charge < -0.3 is 5.11 Å². The average molecular weight is 329 g/mol. The first-order valence-electron chi connectivity index (χ1n) is 5.02. The molecule has 0 aliphatic carbocycles. The van der Waals surface area contributed by atoms with Crippen LogP contribution in [0.5, 0.6) is 0 Å². The van der Waals surface area contributed by atoms with Crippen LogP contribution in [0.15, 0.2) is 30.5 Å². The van der Waals surface area contributed by atoms with Crippen LogP contribution < -0.4 is 0 Å². The Balaban J connectivity index is 2.05. The van der Waals surface area contributed by atoms with Gasteiger partial charge in [0.05, 0.1) is 12.2 Å². The van der Waals surface area contributed by atoms with E-state index < -0.39 is 0 Å². The minimum absolute atomic E-state index is 0.113. The number of hydrogen-bond acceptors (Lipinski definition) is 3. The van der Waals surface area contributed by atoms with Gasteiger partial charge in [0, 0.05) is 22.8 Å². The Morgan fingerprint density at radius 1 is 1.25 bits per heavy atom. The quantitative estimate of drug-likeness (QED) is 0.865. The summed E-state index contributed by atoms with van der Waals surface area (Å²) in [6, 6.07) is 8.30. The fraction of sp³-hybridized carbons (Fsp3) is 0.273. The van der Waals surface area contributed by atoms with E-state index in [-0.39, 0.29) is 6.61 Å². The molecule has 0 saturated carbocycles. The smallest absolute Gasteiger partial charge is 0.0850 e. The third-order valence-electron chi connectivity index (χ3n) is 2.21. The Morgan fingerprint density at radius 2 is 2.00 bits per heavy atom. The minimum Gasteiger partial charge on any atom is -0.396 e. The highest BCUT2D eigenvalue weighted by Gasteiger charge is 2.00. The predicted molar refractivity (Wildman–Crippen MR) is 69.1 cm³/mol. The van der Waals surface area contributed by atoms with Gasteiger partial charge in [-0.3, -0.25) is 0 Å². The summed E-state index contributed by atoms with van der Waals surface area (Å²) < 4.78 is 3.01. The summed E-state index contributed by atoms with van der Waals surface area (Å²) in [6.07, 6.45) is 2.43. The van der Waals surface area contributed by atoms with Crippen molar-refractivity contribution in [3.05, 3.63) is 45.3 Å². The van der Waals surface area contributed by atoms with E-state index in [1.807, 2.05) is 6.20 Å². The Morgan fingerprint density at radius 3 is 2.69 bits per heavy atom. The number of benzene rings is 1. The summed E-state index contributed by atoms with van der Waals surface area (Å²) in [5.41, 5.74) is 2.02. The summed E-state index contributed by atoms with van der Waals surface area (Å²) in [5, 5.41) is 16.7. The molecule has 0 amide bonds. The molecule has 0 atom stereocenters. The summed E-state index contributed by atoms with van der Waals surface area (Å²) in [7, 11) is 0. The maximum atomic E-state index is 8.77. The molecule has 1 aromatic heterocycles. The summed E-state index contributed by atoms with van der Waals surface area (Å²) in [6.45, 7) is 0.831. The third kappa shape index (κ3) is 3.02. The first-order chi connectivity index (χ1) is 7.78. The van der Waals surface area contributed by atoms with Crippen LogP contribution in [0.1, 0.15) is 11.3 Å². The second-order valence-electron chi connectivity index (χ2n) is 3.51. The van der Waals surface area contributed by atoms with Crippen LogP contribution in [0.2, 0.25) is 0 Å². The van der Waals surface area contributed by atoms with E-state index >= 15 is 0 Å². The molecule has 0 unspecified atom stereocenters. The maximum Gasteiger partial charge on any atom is 0.0850 e. The molecular weight excluding hydrogens is 317 g/mol. The first kappa shape index (κ1) is 11.5. The number of rotatable bonds is 4. The zero-order chi connectivity index (χ0) is 11.4. The van der Waals surface area contributed by atoms with Crippen LogP contribution >= 0.6 is 22.6 Å². The Bertz CT molecular complexity index is 453. The van der Waals surface area contributed by atoms with E-state index in [1.165, 1.54) is 9.13 Å². The van der Waals surface area contributed by atoms with Crippen LogP contribution in [-0.4, -0.2) is 26.7 Å². The van der Waals surface area contributed by atoms with Gasteiger partial charge in [-0.2, -0.15) is 0 Å². The molecule has 0 saturated heterocycles. The van der Waals surface area contributed by atoms with E-state index in [0.29, 0.717) is 6.42 Å². The van der Waals surface area contributed by atoms with Crippen molar-refractivity contribution in [1.29, 1.82) is 0 Å². The minimum atomic E-state index is 0.113. The lowest BCUT2D eigenvalue weighted by atomic mass is 10.2.